The number of hydrogen-bond acceptors (Lipinski definition) is 8. The van der Waals surface area contributed by atoms with Gasteiger partial charge in [0, 0.05) is 67.8 Å². The summed E-state index contributed by atoms with van der Waals surface area (Å²) >= 11 is 0. The van der Waals surface area contributed by atoms with Crippen LogP contribution in [0.1, 0.15) is 38.5 Å². The first-order chi connectivity index (χ1) is 15.1. The lowest BCUT2D eigenvalue weighted by molar-refractivity contribution is 0.0999. The Hall–Kier alpha value is -4.02. The number of carbonyl (C=O) groups excluding carboxylic acids is 3. The van der Waals surface area contributed by atoms with Crippen molar-refractivity contribution in [3.63, 3.8) is 0 Å². The quantitative estimate of drug-likeness (QED) is 0.335. The third-order valence-electron chi connectivity index (χ3n) is 4.48. The van der Waals surface area contributed by atoms with Gasteiger partial charge in [-0.05, 0) is 6.07 Å². The summed E-state index contributed by atoms with van der Waals surface area (Å²) in [6, 6.07) is 1.80. The van der Waals surface area contributed by atoms with Gasteiger partial charge < -0.3 is 34.8 Å². The fraction of sp³-hybridized carbons (Fsp3) is 0.333. The molecule has 3 aromatic rings. The Kier molecular flexibility index (Phi) is 9.74. The van der Waals surface area contributed by atoms with Gasteiger partial charge in [-0.25, -0.2) is 4.98 Å². The van der Waals surface area contributed by atoms with Crippen molar-refractivity contribution in [2.45, 2.75) is 6.92 Å². The predicted octanol–water partition coefficient (Wildman–Crippen LogP) is 2.13. The van der Waals surface area contributed by atoms with Gasteiger partial charge in [-0.15, -0.1) is 0 Å². The normalized spacial score (nSPS) is 9.59. The van der Waals surface area contributed by atoms with Crippen molar-refractivity contribution in [1.82, 2.24) is 18.7 Å². The van der Waals surface area contributed by atoms with E-state index in [2.05, 4.69) is 20.9 Å². The number of imidazole rings is 1. The molecule has 0 amide bonds. The fourth-order valence-corrected chi connectivity index (χ4v) is 2.70. The van der Waals surface area contributed by atoms with Crippen LogP contribution in [0.4, 0.5) is 17.2 Å². The Morgan fingerprint density at radius 2 is 1.59 bits per heavy atom. The van der Waals surface area contributed by atoms with Crippen LogP contribution in [0, 0.1) is 0 Å². The summed E-state index contributed by atoms with van der Waals surface area (Å²) in [5, 5.41) is 17.9. The van der Waals surface area contributed by atoms with Gasteiger partial charge in [-0.2, -0.15) is 0 Å². The van der Waals surface area contributed by atoms with Crippen LogP contribution in [0.25, 0.3) is 0 Å². The van der Waals surface area contributed by atoms with Gasteiger partial charge in [0.05, 0.1) is 17.1 Å². The minimum atomic E-state index is -0.0194. The molecule has 0 spiro atoms. The number of aromatic hydroxyl groups is 1. The van der Waals surface area contributed by atoms with Gasteiger partial charge in [0.15, 0.2) is 29.9 Å². The zero-order valence-corrected chi connectivity index (χ0v) is 19.4. The highest BCUT2D eigenvalue weighted by Crippen LogP contribution is 2.27. The van der Waals surface area contributed by atoms with E-state index in [4.69, 9.17) is 0 Å². The van der Waals surface area contributed by atoms with Crippen molar-refractivity contribution in [3.8, 4) is 5.75 Å². The third-order valence-corrected chi connectivity index (χ3v) is 4.48. The van der Waals surface area contributed by atoms with E-state index in [0.29, 0.717) is 23.5 Å². The summed E-state index contributed by atoms with van der Waals surface area (Å²) < 4.78 is 5.04. The molecule has 11 heteroatoms. The maximum Gasteiger partial charge on any atom is 0.195 e. The summed E-state index contributed by atoms with van der Waals surface area (Å²) in [5.41, 5.74) is 2.50. The first-order valence-electron chi connectivity index (χ1n) is 9.65. The van der Waals surface area contributed by atoms with Crippen LogP contribution >= 0.6 is 0 Å². The molecule has 174 valence electrons. The second-order valence-electron chi connectivity index (χ2n) is 6.75. The molecule has 0 aliphatic heterocycles. The van der Waals surface area contributed by atoms with Crippen LogP contribution < -0.4 is 16.0 Å². The molecule has 3 heterocycles. The van der Waals surface area contributed by atoms with Crippen LogP contribution in [0.15, 0.2) is 24.7 Å². The lowest BCUT2D eigenvalue weighted by Crippen LogP contribution is -2.02. The number of anilines is 3. The summed E-state index contributed by atoms with van der Waals surface area (Å²) in [5.74, 6) is 1.19. The number of nitrogens with one attached hydrogen (secondary N) is 3. The van der Waals surface area contributed by atoms with E-state index < -0.39 is 0 Å². The molecule has 0 aromatic carbocycles. The standard InChI is InChI=1S/C7H11N3O.C7H10N2O2.C7H10N2O/c1-5(11)7-9-6(8-2)4-10(7)3;1-8-5-3-9(2)6(4-10)7(5)11;1-8-6-3-7(5-10)9(2)4-6/h4,8H,1-3H3;3-4,8,11H,1-2H3;3-5,8H,1-2H3. The van der Waals surface area contributed by atoms with Gasteiger partial charge in [0.2, 0.25) is 0 Å². The van der Waals surface area contributed by atoms with Crippen LogP contribution in [-0.4, -0.2) is 63.3 Å². The minimum Gasteiger partial charge on any atom is -0.504 e. The molecule has 0 atom stereocenters. The number of carbonyl (C=O) groups is 3. The number of aryl methyl sites for hydroxylation is 3. The highest BCUT2D eigenvalue weighted by Gasteiger charge is 2.10. The van der Waals surface area contributed by atoms with Gasteiger partial charge in [-0.3, -0.25) is 14.4 Å². The lowest BCUT2D eigenvalue weighted by Gasteiger charge is -1.93. The maximum atomic E-state index is 10.9. The summed E-state index contributed by atoms with van der Waals surface area (Å²) in [6.45, 7) is 1.50. The second kappa shape index (κ2) is 12.0. The monoisotopic (exact) mass is 445 g/mol. The zero-order chi connectivity index (χ0) is 24.4. The van der Waals surface area contributed by atoms with Crippen LogP contribution in [0.3, 0.4) is 0 Å². The van der Waals surface area contributed by atoms with Gasteiger partial charge in [-0.1, -0.05) is 0 Å². The topological polar surface area (TPSA) is 135 Å². The van der Waals surface area contributed by atoms with Crippen LogP contribution in [0.5, 0.6) is 5.75 Å². The smallest absolute Gasteiger partial charge is 0.195 e. The molecule has 11 nitrogen and oxygen atoms in total. The lowest BCUT2D eigenvalue weighted by atomic mass is 10.4. The molecule has 0 radical (unpaired) electrons. The predicted molar refractivity (Wildman–Crippen MR) is 125 cm³/mol. The van der Waals surface area contributed by atoms with Crippen molar-refractivity contribution >= 4 is 35.5 Å². The second-order valence-corrected chi connectivity index (χ2v) is 6.75. The summed E-state index contributed by atoms with van der Waals surface area (Å²) in [7, 11) is 10.6. The molecule has 32 heavy (non-hydrogen) atoms. The molecular formula is C21H31N7O4. The van der Waals surface area contributed by atoms with Crippen LogP contribution in [0.2, 0.25) is 0 Å². The molecular weight excluding hydrogens is 414 g/mol. The van der Waals surface area contributed by atoms with E-state index in [1.807, 2.05) is 20.3 Å². The Morgan fingerprint density at radius 3 is 1.88 bits per heavy atom. The van der Waals surface area contributed by atoms with E-state index in [1.165, 1.54) is 6.92 Å². The highest BCUT2D eigenvalue weighted by atomic mass is 16.3. The minimum absolute atomic E-state index is 0.00463. The van der Waals surface area contributed by atoms with Crippen LogP contribution in [-0.2, 0) is 21.1 Å². The van der Waals surface area contributed by atoms with E-state index >= 15 is 0 Å². The highest BCUT2D eigenvalue weighted by molar-refractivity contribution is 5.91. The molecule has 3 rings (SSSR count). The number of aromatic nitrogens is 4. The van der Waals surface area contributed by atoms with E-state index in [-0.39, 0.29) is 17.2 Å². The Morgan fingerprint density at radius 1 is 0.938 bits per heavy atom. The number of rotatable bonds is 6. The number of ketones is 1. The number of aldehydes is 2. The molecule has 0 bridgehead atoms. The number of nitrogens with zero attached hydrogens (tertiary/aromatic N) is 4. The van der Waals surface area contributed by atoms with Gasteiger partial charge in [0.25, 0.3) is 0 Å². The van der Waals surface area contributed by atoms with E-state index in [0.717, 1.165) is 17.8 Å². The van der Waals surface area contributed by atoms with Crippen molar-refractivity contribution < 1.29 is 19.5 Å². The average Bonchev–Trinajstić information content (AvgIpc) is 3.42. The largest absolute Gasteiger partial charge is 0.504 e. The number of Topliss-reactive ketones (excluding diaryl/α,β-unsaturated/α-hetero) is 1. The maximum absolute atomic E-state index is 10.9. The first-order valence-corrected chi connectivity index (χ1v) is 9.65. The zero-order valence-electron chi connectivity index (χ0n) is 19.4. The third kappa shape index (κ3) is 6.49. The molecule has 3 aromatic heterocycles. The molecule has 0 fully saturated rings. The Bertz CT molecular complexity index is 1060. The Labute approximate surface area is 187 Å². The van der Waals surface area contributed by atoms with Crippen molar-refractivity contribution in [3.05, 3.63) is 41.9 Å². The molecule has 0 saturated heterocycles. The van der Waals surface area contributed by atoms with Crippen molar-refractivity contribution in [2.75, 3.05) is 37.1 Å². The molecule has 0 aliphatic carbocycles. The Balaban J connectivity index is 0.000000240. The SMILES string of the molecule is CNc1cc(C=O)n(C)c1.CNc1cn(C)c(C(C)=O)n1.CNc1cn(C)c(C=O)c1O. The number of hydrogen-bond donors (Lipinski definition) is 4. The molecule has 0 aliphatic rings. The fourth-order valence-electron chi connectivity index (χ4n) is 2.70. The average molecular weight is 446 g/mol. The van der Waals surface area contributed by atoms with E-state index in [1.54, 1.807) is 60.4 Å². The molecule has 4 N–H and O–H groups in total. The molecule has 0 saturated carbocycles. The van der Waals surface area contributed by atoms with Crippen molar-refractivity contribution in [1.29, 1.82) is 0 Å². The summed E-state index contributed by atoms with van der Waals surface area (Å²) in [6.07, 6.45) is 6.75. The van der Waals surface area contributed by atoms with Crippen molar-refractivity contribution in [2.24, 2.45) is 21.1 Å². The van der Waals surface area contributed by atoms with Gasteiger partial charge >= 0.3 is 0 Å². The van der Waals surface area contributed by atoms with E-state index in [9.17, 15) is 19.5 Å². The molecule has 0 unspecified atom stereocenters. The first kappa shape index (κ1) is 26.0. The van der Waals surface area contributed by atoms with Gasteiger partial charge in [0.1, 0.15) is 11.5 Å². The summed E-state index contributed by atoms with van der Waals surface area (Å²) in [4.78, 5) is 35.6.